The lowest BCUT2D eigenvalue weighted by atomic mass is 10.1. The first-order chi connectivity index (χ1) is 15.4. The van der Waals surface area contributed by atoms with Crippen LogP contribution in [0.3, 0.4) is 0 Å². The van der Waals surface area contributed by atoms with Crippen LogP contribution in [0.5, 0.6) is 11.5 Å². The lowest BCUT2D eigenvalue weighted by molar-refractivity contribution is -0.130. The van der Waals surface area contributed by atoms with Crippen LogP contribution in [0, 0.1) is 6.92 Å². The molecule has 0 bridgehead atoms. The second kappa shape index (κ2) is 9.23. The Labute approximate surface area is 192 Å². The lowest BCUT2D eigenvalue weighted by Gasteiger charge is -2.14. The third-order valence-electron chi connectivity index (χ3n) is 4.44. The van der Waals surface area contributed by atoms with E-state index in [0.29, 0.717) is 33.7 Å². The Morgan fingerprint density at radius 2 is 2.03 bits per heavy atom. The van der Waals surface area contributed by atoms with Crippen LogP contribution in [0.4, 0.5) is 0 Å². The Morgan fingerprint density at radius 1 is 1.19 bits per heavy atom. The fraction of sp³-hybridized carbons (Fsp3) is 0.125. The number of carbonyl (C=O) groups excluding carboxylic acids is 2. The van der Waals surface area contributed by atoms with E-state index in [1.165, 1.54) is 6.26 Å². The number of furan rings is 1. The summed E-state index contributed by atoms with van der Waals surface area (Å²) in [4.78, 5) is 29.1. The number of hydrogen-bond acceptors (Lipinski definition) is 7. The molecule has 0 spiro atoms. The van der Waals surface area contributed by atoms with Crippen LogP contribution in [0.25, 0.3) is 6.08 Å². The molecule has 0 atom stereocenters. The third-order valence-corrected chi connectivity index (χ3v) is 5.03. The Morgan fingerprint density at radius 3 is 2.75 bits per heavy atom. The Bertz CT molecular complexity index is 1240. The van der Waals surface area contributed by atoms with Crippen LogP contribution in [0.1, 0.15) is 34.2 Å². The minimum Gasteiger partial charge on any atom is -0.490 e. The number of aryl methyl sites for hydroxylation is 1. The van der Waals surface area contributed by atoms with Gasteiger partial charge in [0, 0.05) is 0 Å². The zero-order chi connectivity index (χ0) is 22.7. The van der Waals surface area contributed by atoms with E-state index < -0.39 is 11.9 Å². The largest absolute Gasteiger partial charge is 0.490 e. The van der Waals surface area contributed by atoms with E-state index >= 15 is 0 Å². The number of halogens is 1. The van der Waals surface area contributed by atoms with E-state index in [1.807, 2.05) is 19.9 Å². The third kappa shape index (κ3) is 4.65. The summed E-state index contributed by atoms with van der Waals surface area (Å²) in [5, 5.41) is 0. The van der Waals surface area contributed by atoms with Gasteiger partial charge in [-0.3, -0.25) is 0 Å². The van der Waals surface area contributed by atoms with Crippen molar-refractivity contribution in [1.82, 2.24) is 0 Å². The molecule has 0 N–H and O–H groups in total. The van der Waals surface area contributed by atoms with E-state index in [0.717, 1.165) is 5.56 Å². The highest BCUT2D eigenvalue weighted by Gasteiger charge is 2.26. The summed E-state index contributed by atoms with van der Waals surface area (Å²) >= 11 is 3.44. The molecule has 2 aromatic carbocycles. The average molecular weight is 496 g/mol. The van der Waals surface area contributed by atoms with Crippen LogP contribution < -0.4 is 9.47 Å². The zero-order valence-electron chi connectivity index (χ0n) is 17.3. The summed E-state index contributed by atoms with van der Waals surface area (Å²) in [6, 6.07) is 13.8. The van der Waals surface area contributed by atoms with Gasteiger partial charge in [0.2, 0.25) is 0 Å². The number of cyclic esters (lactones) is 1. The highest BCUT2D eigenvalue weighted by molar-refractivity contribution is 9.10. The van der Waals surface area contributed by atoms with Crippen molar-refractivity contribution in [3.63, 3.8) is 0 Å². The number of rotatable bonds is 6. The van der Waals surface area contributed by atoms with Gasteiger partial charge in [0.15, 0.2) is 23.0 Å². The molecule has 2 heterocycles. The molecule has 0 radical (unpaired) electrons. The van der Waals surface area contributed by atoms with E-state index in [2.05, 4.69) is 20.9 Å². The molecule has 0 saturated carbocycles. The highest BCUT2D eigenvalue weighted by atomic mass is 79.9. The van der Waals surface area contributed by atoms with E-state index in [1.54, 1.807) is 48.5 Å². The molecule has 0 fully saturated rings. The van der Waals surface area contributed by atoms with Crippen molar-refractivity contribution in [2.24, 2.45) is 4.99 Å². The van der Waals surface area contributed by atoms with Crippen molar-refractivity contribution in [1.29, 1.82) is 0 Å². The molecule has 8 heteroatoms. The number of ether oxygens (including phenoxy) is 3. The second-order valence-corrected chi connectivity index (χ2v) is 7.69. The molecule has 162 valence electrons. The van der Waals surface area contributed by atoms with E-state index in [-0.39, 0.29) is 17.3 Å². The summed E-state index contributed by atoms with van der Waals surface area (Å²) in [6.07, 6.45) is 3.02. The van der Waals surface area contributed by atoms with Gasteiger partial charge in [-0.05, 0) is 77.8 Å². The van der Waals surface area contributed by atoms with Crippen molar-refractivity contribution in [3.8, 4) is 11.5 Å². The molecular weight excluding hydrogens is 478 g/mol. The fourth-order valence-electron chi connectivity index (χ4n) is 3.03. The van der Waals surface area contributed by atoms with Gasteiger partial charge in [-0.25, -0.2) is 14.6 Å². The molecule has 0 aliphatic carbocycles. The Hall–Kier alpha value is -3.65. The lowest BCUT2D eigenvalue weighted by Crippen LogP contribution is -2.10. The smallest absolute Gasteiger partial charge is 0.363 e. The van der Waals surface area contributed by atoms with E-state index in [9.17, 15) is 9.59 Å². The molecule has 0 unspecified atom stereocenters. The first-order valence-electron chi connectivity index (χ1n) is 9.76. The fourth-order valence-corrected chi connectivity index (χ4v) is 3.57. The molecule has 32 heavy (non-hydrogen) atoms. The van der Waals surface area contributed by atoms with Crippen LogP contribution in [-0.2, 0) is 9.53 Å². The summed E-state index contributed by atoms with van der Waals surface area (Å²) in [6.45, 7) is 4.07. The maximum Gasteiger partial charge on any atom is 0.363 e. The molecule has 0 saturated heterocycles. The minimum absolute atomic E-state index is 0.0963. The highest BCUT2D eigenvalue weighted by Crippen LogP contribution is 2.38. The van der Waals surface area contributed by atoms with E-state index in [4.69, 9.17) is 18.6 Å². The maximum atomic E-state index is 12.6. The van der Waals surface area contributed by atoms with Crippen molar-refractivity contribution in [3.05, 3.63) is 87.4 Å². The van der Waals surface area contributed by atoms with Gasteiger partial charge in [-0.1, -0.05) is 17.7 Å². The van der Waals surface area contributed by atoms with Crippen LogP contribution >= 0.6 is 15.9 Å². The first-order valence-corrected chi connectivity index (χ1v) is 10.6. The van der Waals surface area contributed by atoms with Crippen molar-refractivity contribution in [2.45, 2.75) is 13.8 Å². The number of carbonyl (C=O) groups is 2. The minimum atomic E-state index is -0.597. The van der Waals surface area contributed by atoms with Crippen LogP contribution in [0.2, 0.25) is 0 Å². The molecule has 1 aliphatic heterocycles. The predicted molar refractivity (Wildman–Crippen MR) is 121 cm³/mol. The van der Waals surface area contributed by atoms with Crippen LogP contribution in [0.15, 0.2) is 74.4 Å². The first kappa shape index (κ1) is 21.6. The van der Waals surface area contributed by atoms with Crippen molar-refractivity contribution >= 4 is 39.8 Å². The summed E-state index contributed by atoms with van der Waals surface area (Å²) < 4.78 is 22.2. The SMILES string of the molecule is CCOc1cc(/C=C2\N=C(c3ccco3)OC2=O)cc(Br)c1OC(=O)c1cccc(C)c1. The molecule has 1 aromatic heterocycles. The molecule has 1 aliphatic rings. The monoisotopic (exact) mass is 495 g/mol. The van der Waals surface area contributed by atoms with Gasteiger partial charge in [0.25, 0.3) is 5.90 Å². The van der Waals surface area contributed by atoms with Crippen molar-refractivity contribution in [2.75, 3.05) is 6.61 Å². The normalized spacial score (nSPS) is 14.3. The summed E-state index contributed by atoms with van der Waals surface area (Å²) in [5.41, 5.74) is 2.09. The summed E-state index contributed by atoms with van der Waals surface area (Å²) in [7, 11) is 0. The van der Waals surface area contributed by atoms with Crippen molar-refractivity contribution < 1.29 is 28.2 Å². The number of benzene rings is 2. The topological polar surface area (TPSA) is 87.3 Å². The summed E-state index contributed by atoms with van der Waals surface area (Å²) in [5.74, 6) is -0.0602. The number of hydrogen-bond donors (Lipinski definition) is 0. The van der Waals surface area contributed by atoms with Crippen LogP contribution in [-0.4, -0.2) is 24.4 Å². The van der Waals surface area contributed by atoms with Gasteiger partial charge < -0.3 is 18.6 Å². The average Bonchev–Trinajstić information content (AvgIpc) is 3.41. The number of aliphatic imine (C=N–C) groups is 1. The number of nitrogens with zero attached hydrogens (tertiary/aromatic N) is 1. The van der Waals surface area contributed by atoms with Gasteiger partial charge in [0.1, 0.15) is 0 Å². The number of esters is 2. The van der Waals surface area contributed by atoms with Gasteiger partial charge in [-0.15, -0.1) is 0 Å². The van der Waals surface area contributed by atoms with Gasteiger partial charge >= 0.3 is 11.9 Å². The zero-order valence-corrected chi connectivity index (χ0v) is 18.8. The molecule has 0 amide bonds. The standard InChI is InChI=1S/C24H18BrNO6/c1-3-29-20-13-15(12-18-24(28)32-22(26-18)19-8-5-9-30-19)11-17(25)21(20)31-23(27)16-7-4-6-14(2)10-16/h4-13H,3H2,1-2H3/b18-12-. The van der Waals surface area contributed by atoms with Gasteiger partial charge in [0.05, 0.1) is 22.9 Å². The molecule has 4 rings (SSSR count). The quantitative estimate of drug-likeness (QED) is 0.261. The predicted octanol–water partition coefficient (Wildman–Crippen LogP) is 5.31. The maximum absolute atomic E-state index is 12.6. The Balaban J connectivity index is 1.65. The molecular formula is C24H18BrNO6. The second-order valence-electron chi connectivity index (χ2n) is 6.84. The van der Waals surface area contributed by atoms with Gasteiger partial charge in [-0.2, -0.15) is 0 Å². The molecule has 3 aromatic rings. The molecule has 7 nitrogen and oxygen atoms in total. The Kier molecular flexibility index (Phi) is 6.23.